The van der Waals surface area contributed by atoms with E-state index in [0.717, 1.165) is 5.56 Å². The first-order chi connectivity index (χ1) is 14.1. The molecule has 1 N–H and O–H groups in total. The molecule has 1 amide bonds. The summed E-state index contributed by atoms with van der Waals surface area (Å²) in [6.07, 6.45) is 0. The normalized spacial score (nSPS) is 10.9. The molecule has 0 bridgehead atoms. The standard InChI is InChI=1S/C23H27NO6/c1-14-19(28-5)11-16(12-20(14)29-6)21(26)30-13-18(25)15-7-9-17(10-8-15)24-22(27)23(2,3)4/h7-12H,13H2,1-6H3,(H,24,27). The molecule has 160 valence electrons. The van der Waals surface area contributed by atoms with E-state index in [9.17, 15) is 14.4 Å². The number of carbonyl (C=O) groups is 3. The lowest BCUT2D eigenvalue weighted by molar-refractivity contribution is -0.123. The maximum atomic E-state index is 12.4. The largest absolute Gasteiger partial charge is 0.496 e. The highest BCUT2D eigenvalue weighted by atomic mass is 16.5. The highest BCUT2D eigenvalue weighted by Crippen LogP contribution is 2.29. The third-order valence-corrected chi connectivity index (χ3v) is 4.47. The molecule has 0 saturated carbocycles. The molecular formula is C23H27NO6. The predicted octanol–water partition coefficient (Wildman–Crippen LogP) is 4.04. The zero-order chi connectivity index (χ0) is 22.5. The number of hydrogen-bond donors (Lipinski definition) is 1. The summed E-state index contributed by atoms with van der Waals surface area (Å²) >= 11 is 0. The Labute approximate surface area is 176 Å². The minimum atomic E-state index is -0.658. The van der Waals surface area contributed by atoms with Gasteiger partial charge in [0, 0.05) is 22.2 Å². The number of ether oxygens (including phenoxy) is 3. The summed E-state index contributed by atoms with van der Waals surface area (Å²) in [5.41, 5.74) is 1.41. The van der Waals surface area contributed by atoms with Crippen LogP contribution in [0.5, 0.6) is 11.5 Å². The maximum absolute atomic E-state index is 12.4. The Morgan fingerprint density at radius 2 is 1.43 bits per heavy atom. The number of ketones is 1. The van der Waals surface area contributed by atoms with Gasteiger partial charge in [-0.15, -0.1) is 0 Å². The Hall–Kier alpha value is -3.35. The summed E-state index contributed by atoms with van der Waals surface area (Å²) in [5, 5.41) is 2.79. The number of esters is 1. The molecule has 0 spiro atoms. The number of rotatable bonds is 7. The molecule has 0 radical (unpaired) electrons. The van der Waals surface area contributed by atoms with Crippen molar-refractivity contribution < 1.29 is 28.6 Å². The van der Waals surface area contributed by atoms with E-state index in [2.05, 4.69) is 5.32 Å². The third-order valence-electron chi connectivity index (χ3n) is 4.47. The van der Waals surface area contributed by atoms with Gasteiger partial charge in [-0.05, 0) is 43.3 Å². The highest BCUT2D eigenvalue weighted by molar-refractivity contribution is 6.00. The molecule has 0 aliphatic heterocycles. The number of methoxy groups -OCH3 is 2. The number of anilines is 1. The lowest BCUT2D eigenvalue weighted by Crippen LogP contribution is -2.27. The molecule has 0 fully saturated rings. The molecule has 0 aliphatic carbocycles. The van der Waals surface area contributed by atoms with E-state index in [1.165, 1.54) is 26.4 Å². The first-order valence-electron chi connectivity index (χ1n) is 9.41. The summed E-state index contributed by atoms with van der Waals surface area (Å²) in [5.74, 6) is -0.169. The van der Waals surface area contributed by atoms with Gasteiger partial charge in [0.15, 0.2) is 12.4 Å². The lowest BCUT2D eigenvalue weighted by atomic mass is 9.95. The van der Waals surface area contributed by atoms with Crippen LogP contribution in [0, 0.1) is 12.3 Å². The predicted molar refractivity (Wildman–Crippen MR) is 113 cm³/mol. The molecule has 0 heterocycles. The Kier molecular flexibility index (Phi) is 7.21. The molecule has 0 saturated heterocycles. The van der Waals surface area contributed by atoms with Crippen LogP contribution in [0.1, 0.15) is 47.1 Å². The zero-order valence-electron chi connectivity index (χ0n) is 18.1. The van der Waals surface area contributed by atoms with Crippen molar-refractivity contribution in [3.05, 3.63) is 53.1 Å². The van der Waals surface area contributed by atoms with Crippen molar-refractivity contribution in [2.45, 2.75) is 27.7 Å². The van der Waals surface area contributed by atoms with Gasteiger partial charge in [-0.1, -0.05) is 20.8 Å². The Morgan fingerprint density at radius 1 is 0.900 bits per heavy atom. The third kappa shape index (κ3) is 5.59. The Balaban J connectivity index is 2.02. The number of amides is 1. The van der Waals surface area contributed by atoms with E-state index in [-0.39, 0.29) is 17.3 Å². The topological polar surface area (TPSA) is 90.9 Å². The van der Waals surface area contributed by atoms with Gasteiger partial charge in [-0.25, -0.2) is 4.79 Å². The number of hydrogen-bond acceptors (Lipinski definition) is 6. The van der Waals surface area contributed by atoms with Gasteiger partial charge in [0.1, 0.15) is 11.5 Å². The zero-order valence-corrected chi connectivity index (χ0v) is 18.1. The quantitative estimate of drug-likeness (QED) is 0.544. The second-order valence-electron chi connectivity index (χ2n) is 7.79. The van der Waals surface area contributed by atoms with Crippen LogP contribution in [0.4, 0.5) is 5.69 Å². The summed E-state index contributed by atoms with van der Waals surface area (Å²) < 4.78 is 15.6. The van der Waals surface area contributed by atoms with Crippen LogP contribution in [0.2, 0.25) is 0 Å². The van der Waals surface area contributed by atoms with Crippen molar-refractivity contribution in [3.8, 4) is 11.5 Å². The second-order valence-corrected chi connectivity index (χ2v) is 7.79. The minimum absolute atomic E-state index is 0.125. The van der Waals surface area contributed by atoms with E-state index >= 15 is 0 Å². The maximum Gasteiger partial charge on any atom is 0.338 e. The SMILES string of the molecule is COc1cc(C(=O)OCC(=O)c2ccc(NC(=O)C(C)(C)C)cc2)cc(OC)c1C. The van der Waals surface area contributed by atoms with E-state index in [0.29, 0.717) is 22.7 Å². The van der Waals surface area contributed by atoms with Crippen LogP contribution in [-0.2, 0) is 9.53 Å². The molecule has 0 aliphatic rings. The van der Waals surface area contributed by atoms with Gasteiger partial charge >= 0.3 is 5.97 Å². The smallest absolute Gasteiger partial charge is 0.338 e. The van der Waals surface area contributed by atoms with Crippen LogP contribution in [0.3, 0.4) is 0 Å². The van der Waals surface area contributed by atoms with E-state index in [1.807, 2.05) is 27.7 Å². The van der Waals surface area contributed by atoms with Gasteiger partial charge in [0.25, 0.3) is 0 Å². The number of carbonyl (C=O) groups excluding carboxylic acids is 3. The van der Waals surface area contributed by atoms with Gasteiger partial charge in [0.05, 0.1) is 19.8 Å². The van der Waals surface area contributed by atoms with E-state index in [1.54, 1.807) is 24.3 Å². The average Bonchev–Trinajstić information content (AvgIpc) is 2.71. The van der Waals surface area contributed by atoms with Crippen LogP contribution in [-0.4, -0.2) is 38.5 Å². The summed E-state index contributed by atoms with van der Waals surface area (Å²) in [4.78, 5) is 36.7. The van der Waals surface area contributed by atoms with Crippen LogP contribution in [0.15, 0.2) is 36.4 Å². The Bertz CT molecular complexity index is 916. The fourth-order valence-corrected chi connectivity index (χ4v) is 2.56. The summed E-state index contributed by atoms with van der Waals surface area (Å²) in [7, 11) is 2.99. The molecule has 30 heavy (non-hydrogen) atoms. The van der Waals surface area contributed by atoms with Gasteiger partial charge in [-0.2, -0.15) is 0 Å². The average molecular weight is 413 g/mol. The monoisotopic (exact) mass is 413 g/mol. The molecule has 2 rings (SSSR count). The lowest BCUT2D eigenvalue weighted by Gasteiger charge is -2.17. The molecule has 2 aromatic rings. The van der Waals surface area contributed by atoms with Gasteiger partial charge in [0.2, 0.25) is 5.91 Å². The highest BCUT2D eigenvalue weighted by Gasteiger charge is 2.21. The molecule has 0 aromatic heterocycles. The molecule has 7 heteroatoms. The van der Waals surface area contributed by atoms with Gasteiger partial charge in [-0.3, -0.25) is 9.59 Å². The molecular weight excluding hydrogens is 386 g/mol. The summed E-state index contributed by atoms with van der Waals surface area (Å²) in [6.45, 7) is 6.84. The molecule has 2 aromatic carbocycles. The van der Waals surface area contributed by atoms with Gasteiger partial charge < -0.3 is 19.5 Å². The van der Waals surface area contributed by atoms with Crippen molar-refractivity contribution in [2.75, 3.05) is 26.1 Å². The fraction of sp³-hybridized carbons (Fsp3) is 0.348. The van der Waals surface area contributed by atoms with E-state index < -0.39 is 18.0 Å². The molecule has 7 nitrogen and oxygen atoms in total. The van der Waals surface area contributed by atoms with Crippen molar-refractivity contribution in [1.82, 2.24) is 0 Å². The minimum Gasteiger partial charge on any atom is -0.496 e. The van der Waals surface area contributed by atoms with Crippen molar-refractivity contribution in [2.24, 2.45) is 5.41 Å². The fourth-order valence-electron chi connectivity index (χ4n) is 2.56. The first-order valence-corrected chi connectivity index (χ1v) is 9.41. The van der Waals surface area contributed by atoms with Crippen molar-refractivity contribution in [1.29, 1.82) is 0 Å². The van der Waals surface area contributed by atoms with Crippen LogP contribution >= 0.6 is 0 Å². The Morgan fingerprint density at radius 3 is 1.90 bits per heavy atom. The molecule has 0 atom stereocenters. The van der Waals surface area contributed by atoms with E-state index in [4.69, 9.17) is 14.2 Å². The van der Waals surface area contributed by atoms with Crippen molar-refractivity contribution in [3.63, 3.8) is 0 Å². The van der Waals surface area contributed by atoms with Crippen molar-refractivity contribution >= 4 is 23.3 Å². The molecule has 0 unspecified atom stereocenters. The summed E-state index contributed by atoms with van der Waals surface area (Å²) in [6, 6.07) is 9.50. The van der Waals surface area contributed by atoms with Crippen LogP contribution < -0.4 is 14.8 Å². The first kappa shape index (κ1) is 22.9. The number of nitrogens with one attached hydrogen (secondary N) is 1. The van der Waals surface area contributed by atoms with Crippen LogP contribution in [0.25, 0.3) is 0 Å². The number of Topliss-reactive ketones (excluding diaryl/α,β-unsaturated/α-hetero) is 1. The second kappa shape index (κ2) is 9.43. The number of benzene rings is 2.